The number of unbranched alkanes of at least 4 members (excludes halogenated alkanes) is 3. The van der Waals surface area contributed by atoms with Gasteiger partial charge in [0.1, 0.15) is 5.75 Å². The van der Waals surface area contributed by atoms with Crippen LogP contribution in [-0.2, 0) is 0 Å². The lowest BCUT2D eigenvalue weighted by Gasteiger charge is -2.28. The van der Waals surface area contributed by atoms with Crippen molar-refractivity contribution in [1.82, 2.24) is 0 Å². The lowest BCUT2D eigenvalue weighted by atomic mass is 9.78. The van der Waals surface area contributed by atoms with Crippen LogP contribution in [0.2, 0.25) is 0 Å². The Hall–Kier alpha value is -1.24. The molecule has 1 heteroatoms. The summed E-state index contributed by atoms with van der Waals surface area (Å²) in [7, 11) is 0. The third kappa shape index (κ3) is 8.43. The quantitative estimate of drug-likeness (QED) is 0.344. The Balaban J connectivity index is 1.59. The first-order valence-electron chi connectivity index (χ1n) is 11.2. The molecule has 26 heavy (non-hydrogen) atoms. The van der Waals surface area contributed by atoms with Crippen molar-refractivity contribution in [2.75, 3.05) is 6.61 Å². The van der Waals surface area contributed by atoms with Crippen LogP contribution in [0.4, 0.5) is 0 Å². The van der Waals surface area contributed by atoms with Gasteiger partial charge in [0.25, 0.3) is 0 Å². The molecule has 0 N–H and O–H groups in total. The predicted molar refractivity (Wildman–Crippen MR) is 115 cm³/mol. The van der Waals surface area contributed by atoms with Gasteiger partial charge in [0.05, 0.1) is 6.61 Å². The monoisotopic (exact) mass is 356 g/mol. The van der Waals surface area contributed by atoms with Crippen molar-refractivity contribution >= 4 is 6.08 Å². The molecule has 0 unspecified atom stereocenters. The standard InChI is InChI=1S/C25H40O/c1-3-5-7-10-22-13-15-23(16-14-22)11-8-9-12-24-17-19-25(20-18-24)26-21-6-4-2/h9,12,17-20,22-23H,3-8,10-11,13-16,21H2,1-2H3/b12-9+. The molecular formula is C25H40O. The molecule has 1 aliphatic carbocycles. The van der Waals surface area contributed by atoms with Crippen molar-refractivity contribution in [3.8, 4) is 5.75 Å². The van der Waals surface area contributed by atoms with Crippen molar-refractivity contribution in [2.24, 2.45) is 11.8 Å². The second-order valence-corrected chi connectivity index (χ2v) is 8.13. The van der Waals surface area contributed by atoms with Gasteiger partial charge in [0.15, 0.2) is 0 Å². The van der Waals surface area contributed by atoms with Gasteiger partial charge in [-0.1, -0.05) is 95.9 Å². The molecule has 1 saturated carbocycles. The Morgan fingerprint density at radius 1 is 0.846 bits per heavy atom. The Kier molecular flexibility index (Phi) is 10.5. The molecule has 2 rings (SSSR count). The molecule has 0 saturated heterocycles. The summed E-state index contributed by atoms with van der Waals surface area (Å²) in [6, 6.07) is 8.52. The van der Waals surface area contributed by atoms with Gasteiger partial charge in [0, 0.05) is 0 Å². The average Bonchev–Trinajstić information content (AvgIpc) is 2.68. The molecule has 1 aromatic carbocycles. The second-order valence-electron chi connectivity index (χ2n) is 8.13. The van der Waals surface area contributed by atoms with E-state index in [4.69, 9.17) is 4.74 Å². The minimum Gasteiger partial charge on any atom is -0.494 e. The molecule has 1 nitrogen and oxygen atoms in total. The van der Waals surface area contributed by atoms with Crippen LogP contribution in [-0.4, -0.2) is 6.61 Å². The fourth-order valence-corrected chi connectivity index (χ4v) is 4.05. The summed E-state index contributed by atoms with van der Waals surface area (Å²) in [6.45, 7) is 5.32. The highest BCUT2D eigenvalue weighted by Crippen LogP contribution is 2.34. The minimum absolute atomic E-state index is 0.826. The van der Waals surface area contributed by atoms with Crippen molar-refractivity contribution < 1.29 is 4.74 Å². The van der Waals surface area contributed by atoms with Gasteiger partial charge in [-0.2, -0.15) is 0 Å². The Morgan fingerprint density at radius 3 is 2.15 bits per heavy atom. The largest absolute Gasteiger partial charge is 0.494 e. The Bertz CT molecular complexity index is 479. The van der Waals surface area contributed by atoms with Gasteiger partial charge >= 0.3 is 0 Å². The number of allylic oxidation sites excluding steroid dienone is 1. The van der Waals surface area contributed by atoms with E-state index in [0.29, 0.717) is 0 Å². The predicted octanol–water partition coefficient (Wildman–Crippen LogP) is 8.05. The van der Waals surface area contributed by atoms with E-state index >= 15 is 0 Å². The van der Waals surface area contributed by atoms with E-state index in [9.17, 15) is 0 Å². The zero-order valence-electron chi connectivity index (χ0n) is 17.2. The summed E-state index contributed by atoms with van der Waals surface area (Å²) in [5.74, 6) is 2.99. The molecule has 0 bridgehead atoms. The van der Waals surface area contributed by atoms with E-state index in [2.05, 4.69) is 50.3 Å². The topological polar surface area (TPSA) is 9.23 Å². The number of rotatable bonds is 12. The zero-order chi connectivity index (χ0) is 18.5. The molecule has 0 aromatic heterocycles. The number of ether oxygens (including phenoxy) is 1. The first-order valence-corrected chi connectivity index (χ1v) is 11.2. The Labute approximate surface area is 162 Å². The van der Waals surface area contributed by atoms with Crippen LogP contribution >= 0.6 is 0 Å². The van der Waals surface area contributed by atoms with Crippen LogP contribution < -0.4 is 4.74 Å². The minimum atomic E-state index is 0.826. The SMILES string of the molecule is CCCCCC1CCC(CC/C=C/c2ccc(OCCCC)cc2)CC1. The lowest BCUT2D eigenvalue weighted by Crippen LogP contribution is -2.14. The normalized spacial score (nSPS) is 20.5. The van der Waals surface area contributed by atoms with Gasteiger partial charge in [0.2, 0.25) is 0 Å². The first kappa shape index (κ1) is 21.1. The van der Waals surface area contributed by atoms with Gasteiger partial charge in [-0.05, 0) is 48.8 Å². The molecule has 1 fully saturated rings. The number of hydrogen-bond acceptors (Lipinski definition) is 1. The van der Waals surface area contributed by atoms with Crippen LogP contribution in [0, 0.1) is 11.8 Å². The van der Waals surface area contributed by atoms with E-state index in [-0.39, 0.29) is 0 Å². The fourth-order valence-electron chi connectivity index (χ4n) is 4.05. The van der Waals surface area contributed by atoms with Crippen LogP contribution in [0.5, 0.6) is 5.75 Å². The maximum Gasteiger partial charge on any atom is 0.119 e. The van der Waals surface area contributed by atoms with E-state index in [1.54, 1.807) is 0 Å². The maximum atomic E-state index is 5.72. The van der Waals surface area contributed by atoms with Crippen LogP contribution in [0.25, 0.3) is 6.08 Å². The zero-order valence-corrected chi connectivity index (χ0v) is 17.2. The fraction of sp³-hybridized carbons (Fsp3) is 0.680. The average molecular weight is 357 g/mol. The summed E-state index contributed by atoms with van der Waals surface area (Å²) in [5, 5.41) is 0. The van der Waals surface area contributed by atoms with Crippen LogP contribution in [0.1, 0.15) is 96.5 Å². The Morgan fingerprint density at radius 2 is 1.50 bits per heavy atom. The van der Waals surface area contributed by atoms with E-state index in [1.165, 1.54) is 76.2 Å². The van der Waals surface area contributed by atoms with E-state index in [1.807, 2.05) is 0 Å². The van der Waals surface area contributed by atoms with Crippen LogP contribution in [0.3, 0.4) is 0 Å². The molecule has 0 radical (unpaired) electrons. The molecule has 0 spiro atoms. The maximum absolute atomic E-state index is 5.72. The molecule has 0 heterocycles. The lowest BCUT2D eigenvalue weighted by molar-refractivity contribution is 0.250. The summed E-state index contributed by atoms with van der Waals surface area (Å²) < 4.78 is 5.72. The third-order valence-electron chi connectivity index (χ3n) is 5.88. The summed E-state index contributed by atoms with van der Waals surface area (Å²) >= 11 is 0. The van der Waals surface area contributed by atoms with E-state index in [0.717, 1.165) is 30.6 Å². The summed E-state index contributed by atoms with van der Waals surface area (Å²) in [4.78, 5) is 0. The smallest absolute Gasteiger partial charge is 0.119 e. The third-order valence-corrected chi connectivity index (χ3v) is 5.88. The second kappa shape index (κ2) is 13.0. The van der Waals surface area contributed by atoms with E-state index < -0.39 is 0 Å². The summed E-state index contributed by atoms with van der Waals surface area (Å²) in [5.41, 5.74) is 1.28. The highest BCUT2D eigenvalue weighted by Gasteiger charge is 2.19. The molecular weight excluding hydrogens is 316 g/mol. The molecule has 146 valence electrons. The van der Waals surface area contributed by atoms with Crippen LogP contribution in [0.15, 0.2) is 30.3 Å². The molecule has 0 atom stereocenters. The van der Waals surface area contributed by atoms with Crippen molar-refractivity contribution in [3.63, 3.8) is 0 Å². The van der Waals surface area contributed by atoms with Gasteiger partial charge in [-0.3, -0.25) is 0 Å². The van der Waals surface area contributed by atoms with Gasteiger partial charge < -0.3 is 4.74 Å². The van der Waals surface area contributed by atoms with Crippen molar-refractivity contribution in [3.05, 3.63) is 35.9 Å². The van der Waals surface area contributed by atoms with Gasteiger partial charge in [-0.25, -0.2) is 0 Å². The number of benzene rings is 1. The molecule has 1 aliphatic rings. The van der Waals surface area contributed by atoms with Crippen molar-refractivity contribution in [1.29, 1.82) is 0 Å². The molecule has 1 aromatic rings. The van der Waals surface area contributed by atoms with Gasteiger partial charge in [-0.15, -0.1) is 0 Å². The van der Waals surface area contributed by atoms with Crippen molar-refractivity contribution in [2.45, 2.75) is 90.9 Å². The molecule has 0 aliphatic heterocycles. The number of hydrogen-bond donors (Lipinski definition) is 0. The molecule has 0 amide bonds. The first-order chi connectivity index (χ1) is 12.8. The highest BCUT2D eigenvalue weighted by atomic mass is 16.5. The highest BCUT2D eigenvalue weighted by molar-refractivity contribution is 5.50. The summed E-state index contributed by atoms with van der Waals surface area (Å²) in [6.07, 6.45) is 21.2.